The summed E-state index contributed by atoms with van der Waals surface area (Å²) in [7, 11) is 0. The maximum Gasteiger partial charge on any atom is 0.239 e. The van der Waals surface area contributed by atoms with E-state index in [0.717, 1.165) is 18.3 Å². The van der Waals surface area contributed by atoms with Gasteiger partial charge in [0.25, 0.3) is 0 Å². The molecule has 5 atom stereocenters. The molecule has 5 heteroatoms. The summed E-state index contributed by atoms with van der Waals surface area (Å²) in [5.41, 5.74) is 6.69. The molecule has 118 valence electrons. The number of nitrogens with zero attached hydrogens (tertiary/aromatic N) is 2. The van der Waals surface area contributed by atoms with Gasteiger partial charge in [-0.25, -0.2) is 4.99 Å². The van der Waals surface area contributed by atoms with Crippen molar-refractivity contribution in [3.8, 4) is 0 Å². The van der Waals surface area contributed by atoms with E-state index in [0.29, 0.717) is 36.4 Å². The van der Waals surface area contributed by atoms with Crippen molar-refractivity contribution in [2.24, 2.45) is 33.9 Å². The second-order valence-electron chi connectivity index (χ2n) is 7.79. The second kappa shape index (κ2) is 4.89. The molecule has 3 N–H and O–H groups in total. The van der Waals surface area contributed by atoms with E-state index in [-0.39, 0.29) is 11.9 Å². The first-order valence-electron chi connectivity index (χ1n) is 8.17. The number of carbonyl (C=O) groups excluding carboxylic acids is 1. The highest BCUT2D eigenvalue weighted by molar-refractivity contribution is 5.87. The zero-order valence-corrected chi connectivity index (χ0v) is 13.6. The zero-order chi connectivity index (χ0) is 15.4. The topological polar surface area (TPSA) is 70.7 Å². The van der Waals surface area contributed by atoms with Gasteiger partial charge in [0.15, 0.2) is 5.96 Å². The molecule has 21 heavy (non-hydrogen) atoms. The lowest BCUT2D eigenvalue weighted by Crippen LogP contribution is -2.59. The molecule has 4 rings (SSSR count). The van der Waals surface area contributed by atoms with Crippen LogP contribution in [0.4, 0.5) is 0 Å². The number of aliphatic imine (C=N–C) groups is 1. The van der Waals surface area contributed by atoms with Gasteiger partial charge in [-0.1, -0.05) is 20.8 Å². The Balaban J connectivity index is 1.72. The lowest BCUT2D eigenvalue weighted by Gasteiger charge is -2.61. The van der Waals surface area contributed by atoms with Gasteiger partial charge < -0.3 is 16.0 Å². The first-order chi connectivity index (χ1) is 9.80. The largest absolute Gasteiger partial charge is 0.370 e. The minimum Gasteiger partial charge on any atom is -0.370 e. The van der Waals surface area contributed by atoms with Crippen LogP contribution in [0.2, 0.25) is 0 Å². The number of piperazine rings is 1. The number of hydrogen-bond acceptors (Lipinski definition) is 2. The van der Waals surface area contributed by atoms with Crippen LogP contribution >= 0.6 is 0 Å². The van der Waals surface area contributed by atoms with Gasteiger partial charge in [0.1, 0.15) is 0 Å². The third-order valence-corrected chi connectivity index (χ3v) is 6.35. The number of amides is 1. The molecule has 1 heterocycles. The maximum atomic E-state index is 11.6. The Morgan fingerprint density at radius 1 is 1.38 bits per heavy atom. The summed E-state index contributed by atoms with van der Waals surface area (Å²) >= 11 is 0. The number of guanidine groups is 1. The molecular weight excluding hydrogens is 264 g/mol. The first kappa shape index (κ1) is 14.7. The van der Waals surface area contributed by atoms with Gasteiger partial charge in [-0.2, -0.15) is 0 Å². The lowest BCUT2D eigenvalue weighted by atomic mass is 9.45. The summed E-state index contributed by atoms with van der Waals surface area (Å²) in [5, 5.41) is 2.86. The van der Waals surface area contributed by atoms with Crippen molar-refractivity contribution in [2.45, 2.75) is 52.6 Å². The van der Waals surface area contributed by atoms with Crippen molar-refractivity contribution in [3.05, 3.63) is 0 Å². The minimum atomic E-state index is 0.0342. The number of nitrogens with two attached hydrogens (primary N) is 1. The van der Waals surface area contributed by atoms with Crippen LogP contribution in [0.5, 0.6) is 0 Å². The Morgan fingerprint density at radius 3 is 2.71 bits per heavy atom. The van der Waals surface area contributed by atoms with Gasteiger partial charge >= 0.3 is 0 Å². The normalized spacial score (nSPS) is 42.3. The Kier molecular flexibility index (Phi) is 3.41. The molecule has 0 aromatic carbocycles. The molecule has 2 bridgehead atoms. The zero-order valence-electron chi connectivity index (χ0n) is 13.6. The smallest absolute Gasteiger partial charge is 0.239 e. The van der Waals surface area contributed by atoms with Crippen LogP contribution in [0.25, 0.3) is 0 Å². The molecule has 0 spiro atoms. The molecule has 5 nitrogen and oxygen atoms in total. The highest BCUT2D eigenvalue weighted by Crippen LogP contribution is 2.61. The molecule has 3 saturated carbocycles. The van der Waals surface area contributed by atoms with Crippen molar-refractivity contribution in [1.82, 2.24) is 10.2 Å². The third-order valence-electron chi connectivity index (χ3n) is 6.35. The maximum absolute atomic E-state index is 11.6. The van der Waals surface area contributed by atoms with Crippen molar-refractivity contribution in [2.75, 3.05) is 13.1 Å². The van der Waals surface area contributed by atoms with Crippen LogP contribution in [0.15, 0.2) is 4.99 Å². The number of carbonyl (C=O) groups is 1. The van der Waals surface area contributed by atoms with Crippen molar-refractivity contribution in [3.63, 3.8) is 0 Å². The van der Waals surface area contributed by atoms with Crippen LogP contribution in [0, 0.1) is 23.2 Å². The van der Waals surface area contributed by atoms with Crippen LogP contribution in [0.1, 0.15) is 40.5 Å². The predicted octanol–water partition coefficient (Wildman–Crippen LogP) is 1.19. The number of fused-ring (bicyclic) bond motifs is 2. The van der Waals surface area contributed by atoms with E-state index >= 15 is 0 Å². The molecule has 3 aliphatic carbocycles. The minimum absolute atomic E-state index is 0.0342. The lowest BCUT2D eigenvalue weighted by molar-refractivity contribution is -0.123. The molecule has 0 radical (unpaired) electrons. The fourth-order valence-electron chi connectivity index (χ4n) is 4.58. The summed E-state index contributed by atoms with van der Waals surface area (Å²) in [6.45, 7) is 10.1. The molecule has 4 fully saturated rings. The van der Waals surface area contributed by atoms with Gasteiger partial charge in [-0.3, -0.25) is 4.79 Å². The van der Waals surface area contributed by atoms with Gasteiger partial charge in [0.05, 0.1) is 12.6 Å². The van der Waals surface area contributed by atoms with Crippen molar-refractivity contribution >= 4 is 11.9 Å². The van der Waals surface area contributed by atoms with Crippen molar-refractivity contribution < 1.29 is 4.79 Å². The summed E-state index contributed by atoms with van der Waals surface area (Å²) in [6.07, 6.45) is 2.49. The van der Waals surface area contributed by atoms with Crippen LogP contribution < -0.4 is 11.1 Å². The van der Waals surface area contributed by atoms with E-state index < -0.39 is 0 Å². The average Bonchev–Trinajstić information content (AvgIpc) is 2.42. The van der Waals surface area contributed by atoms with E-state index in [1.165, 1.54) is 6.42 Å². The number of hydrogen-bond donors (Lipinski definition) is 2. The Bertz CT molecular complexity index is 473. The van der Waals surface area contributed by atoms with Gasteiger partial charge in [-0.05, 0) is 42.9 Å². The molecule has 4 aliphatic rings. The number of rotatable bonds is 1. The summed E-state index contributed by atoms with van der Waals surface area (Å²) in [6, 6.07) is 0.537. The molecule has 1 unspecified atom stereocenters. The third kappa shape index (κ3) is 2.30. The Hall–Kier alpha value is -1.26. The summed E-state index contributed by atoms with van der Waals surface area (Å²) < 4.78 is 0. The van der Waals surface area contributed by atoms with Gasteiger partial charge in [-0.15, -0.1) is 0 Å². The fraction of sp³-hybridized carbons (Fsp3) is 0.875. The van der Waals surface area contributed by atoms with Crippen molar-refractivity contribution in [1.29, 1.82) is 0 Å². The summed E-state index contributed by atoms with van der Waals surface area (Å²) in [4.78, 5) is 18.3. The van der Waals surface area contributed by atoms with Crippen LogP contribution in [-0.4, -0.2) is 41.9 Å². The first-order valence-corrected chi connectivity index (χ1v) is 8.17. The highest BCUT2D eigenvalue weighted by atomic mass is 16.2. The monoisotopic (exact) mass is 292 g/mol. The van der Waals surface area contributed by atoms with E-state index in [1.54, 1.807) is 0 Å². The predicted molar refractivity (Wildman–Crippen MR) is 83.7 cm³/mol. The molecule has 1 saturated heterocycles. The van der Waals surface area contributed by atoms with Crippen LogP contribution in [0.3, 0.4) is 0 Å². The number of nitrogens with one attached hydrogen (secondary N) is 1. The highest BCUT2D eigenvalue weighted by Gasteiger charge is 2.56. The molecule has 0 aromatic rings. The summed E-state index contributed by atoms with van der Waals surface area (Å²) in [5.74, 6) is 2.71. The SMILES string of the molecule is CC1CNC(=O)CN1C(N)=N[C@H]1C[C@H]2C[C@@H]([C@@H]1C)C2(C)C. The van der Waals surface area contributed by atoms with E-state index in [2.05, 4.69) is 33.0 Å². The molecule has 1 amide bonds. The van der Waals surface area contributed by atoms with E-state index in [9.17, 15) is 4.79 Å². The van der Waals surface area contributed by atoms with Gasteiger partial charge in [0.2, 0.25) is 5.91 Å². The fourth-order valence-corrected chi connectivity index (χ4v) is 4.58. The molecular formula is C16H28N4O. The van der Waals surface area contributed by atoms with Gasteiger partial charge in [0, 0.05) is 12.6 Å². The Labute approximate surface area is 127 Å². The standard InChI is InChI=1S/C16H28N4O/c1-9-7-18-14(21)8-20(9)15(17)19-13-6-11-5-12(10(13)2)16(11,3)4/h9-13H,5-8H2,1-4H3,(H2,17,19)(H,18,21)/t9?,10-,11+,12-,13-/m0/s1. The molecule has 0 aromatic heterocycles. The molecule has 1 aliphatic heterocycles. The quantitative estimate of drug-likeness (QED) is 0.563. The Morgan fingerprint density at radius 2 is 2.10 bits per heavy atom. The average molecular weight is 292 g/mol. The van der Waals surface area contributed by atoms with E-state index in [4.69, 9.17) is 10.7 Å². The van der Waals surface area contributed by atoms with E-state index in [1.807, 2.05) is 4.90 Å². The van der Waals surface area contributed by atoms with Crippen LogP contribution in [-0.2, 0) is 4.79 Å². The second-order valence-corrected chi connectivity index (χ2v) is 7.79.